The number of non-ortho nitro benzene ring substituents is 1. The second-order valence-electron chi connectivity index (χ2n) is 7.01. The average molecular weight is 368 g/mol. The number of nitrogens with one attached hydrogen (secondary N) is 1. The summed E-state index contributed by atoms with van der Waals surface area (Å²) in [4.78, 5) is 25.1. The minimum absolute atomic E-state index is 0.0376. The first-order chi connectivity index (χ1) is 13.0. The van der Waals surface area contributed by atoms with Crippen molar-refractivity contribution in [3.63, 3.8) is 0 Å². The minimum atomic E-state index is -0.466. The van der Waals surface area contributed by atoms with Gasteiger partial charge >= 0.3 is 0 Å². The van der Waals surface area contributed by atoms with Gasteiger partial charge in [0.15, 0.2) is 0 Å². The number of anilines is 1. The van der Waals surface area contributed by atoms with Crippen molar-refractivity contribution in [1.29, 1.82) is 0 Å². The molecule has 0 aromatic heterocycles. The molecule has 2 aromatic carbocycles. The van der Waals surface area contributed by atoms with Crippen molar-refractivity contribution in [1.82, 2.24) is 4.90 Å². The van der Waals surface area contributed by atoms with Crippen LogP contribution < -0.4 is 11.1 Å². The number of likely N-dealkylation sites (tertiary alicyclic amines) is 1. The monoisotopic (exact) mass is 368 g/mol. The summed E-state index contributed by atoms with van der Waals surface area (Å²) < 4.78 is 0. The highest BCUT2D eigenvalue weighted by atomic mass is 16.6. The zero-order chi connectivity index (χ0) is 19.4. The number of carbonyl (C=O) groups excluding carboxylic acids is 1. The third kappa shape index (κ3) is 4.50. The SMILES string of the molecule is Cc1ccc([N+](=O)[O-])cc1NC(=O)CN1C[C@@H](CN)[C@H](c2ccccc2)C1. The number of aryl methyl sites for hydroxylation is 1. The summed E-state index contributed by atoms with van der Waals surface area (Å²) in [6.07, 6.45) is 0. The first kappa shape index (κ1) is 19.0. The van der Waals surface area contributed by atoms with Gasteiger partial charge in [-0.3, -0.25) is 19.8 Å². The van der Waals surface area contributed by atoms with Crippen molar-refractivity contribution in [3.8, 4) is 0 Å². The third-order valence-electron chi connectivity index (χ3n) is 5.12. The number of carbonyl (C=O) groups is 1. The Morgan fingerprint density at radius 1 is 1.26 bits per heavy atom. The number of amides is 1. The van der Waals surface area contributed by atoms with Gasteiger partial charge < -0.3 is 11.1 Å². The zero-order valence-electron chi connectivity index (χ0n) is 15.3. The molecule has 2 aromatic rings. The van der Waals surface area contributed by atoms with Crippen molar-refractivity contribution in [2.75, 3.05) is 31.5 Å². The van der Waals surface area contributed by atoms with Gasteiger partial charge in [0, 0.05) is 31.1 Å². The van der Waals surface area contributed by atoms with Crippen LogP contribution >= 0.6 is 0 Å². The Bertz CT molecular complexity index is 825. The lowest BCUT2D eigenvalue weighted by Gasteiger charge is -2.17. The predicted octanol–water partition coefficient (Wildman–Crippen LogP) is 2.52. The van der Waals surface area contributed by atoms with Crippen LogP contribution in [0, 0.1) is 23.0 Å². The van der Waals surface area contributed by atoms with E-state index in [4.69, 9.17) is 5.73 Å². The van der Waals surface area contributed by atoms with E-state index in [1.54, 1.807) is 6.07 Å². The Morgan fingerprint density at radius 3 is 2.67 bits per heavy atom. The predicted molar refractivity (Wildman–Crippen MR) is 105 cm³/mol. The quantitative estimate of drug-likeness (QED) is 0.603. The molecule has 7 heteroatoms. The maximum atomic E-state index is 12.5. The molecule has 0 spiro atoms. The molecule has 1 aliphatic rings. The van der Waals surface area contributed by atoms with Gasteiger partial charge in [0.2, 0.25) is 5.91 Å². The molecule has 142 valence electrons. The number of nitro groups is 1. The molecule has 27 heavy (non-hydrogen) atoms. The lowest BCUT2D eigenvalue weighted by molar-refractivity contribution is -0.384. The molecule has 3 N–H and O–H groups in total. The van der Waals surface area contributed by atoms with Crippen molar-refractivity contribution >= 4 is 17.3 Å². The standard InChI is InChI=1S/C20H24N4O3/c1-14-7-8-17(24(26)27)9-19(14)22-20(25)13-23-11-16(10-21)18(12-23)15-5-3-2-4-6-15/h2-9,16,18H,10-13,21H2,1H3,(H,22,25)/t16-,18+/m1/s1. The van der Waals surface area contributed by atoms with Gasteiger partial charge in [-0.2, -0.15) is 0 Å². The minimum Gasteiger partial charge on any atom is -0.330 e. The van der Waals surface area contributed by atoms with Gasteiger partial charge in [-0.15, -0.1) is 0 Å². The molecule has 0 saturated carbocycles. The maximum absolute atomic E-state index is 12.5. The molecule has 0 aliphatic carbocycles. The van der Waals surface area contributed by atoms with E-state index in [9.17, 15) is 14.9 Å². The fourth-order valence-electron chi connectivity index (χ4n) is 3.66. The smallest absolute Gasteiger partial charge is 0.271 e. The van der Waals surface area contributed by atoms with E-state index in [2.05, 4.69) is 22.3 Å². The van der Waals surface area contributed by atoms with Crippen LogP contribution in [0.2, 0.25) is 0 Å². The molecule has 1 amide bonds. The van der Waals surface area contributed by atoms with Crippen LogP contribution in [-0.2, 0) is 4.79 Å². The number of hydrogen-bond acceptors (Lipinski definition) is 5. The van der Waals surface area contributed by atoms with Gasteiger partial charge in [0.05, 0.1) is 17.2 Å². The van der Waals surface area contributed by atoms with E-state index in [1.807, 2.05) is 25.1 Å². The van der Waals surface area contributed by atoms with E-state index in [1.165, 1.54) is 17.7 Å². The number of nitrogens with two attached hydrogens (primary N) is 1. The van der Waals surface area contributed by atoms with Crippen LogP contribution in [0.1, 0.15) is 17.0 Å². The highest BCUT2D eigenvalue weighted by molar-refractivity contribution is 5.93. The van der Waals surface area contributed by atoms with Crippen molar-refractivity contribution in [2.45, 2.75) is 12.8 Å². The fourth-order valence-corrected chi connectivity index (χ4v) is 3.66. The Hall–Kier alpha value is -2.77. The number of nitro benzene ring substituents is 1. The third-order valence-corrected chi connectivity index (χ3v) is 5.12. The summed E-state index contributed by atoms with van der Waals surface area (Å²) in [6, 6.07) is 14.7. The number of nitrogens with zero attached hydrogens (tertiary/aromatic N) is 2. The van der Waals surface area contributed by atoms with Gasteiger partial charge in [0.25, 0.3) is 5.69 Å². The molecule has 1 aliphatic heterocycles. The Labute approximate surface area is 158 Å². The van der Waals surface area contributed by atoms with E-state index in [0.717, 1.165) is 18.7 Å². The molecule has 1 fully saturated rings. The average Bonchev–Trinajstić information content (AvgIpc) is 3.06. The summed E-state index contributed by atoms with van der Waals surface area (Å²) in [5.41, 5.74) is 8.42. The summed E-state index contributed by atoms with van der Waals surface area (Å²) >= 11 is 0. The molecule has 1 heterocycles. The highest BCUT2D eigenvalue weighted by Gasteiger charge is 2.33. The van der Waals surface area contributed by atoms with E-state index in [0.29, 0.717) is 24.1 Å². The topological polar surface area (TPSA) is 102 Å². The van der Waals surface area contributed by atoms with Gasteiger partial charge in [-0.1, -0.05) is 36.4 Å². The molecule has 0 bridgehead atoms. The summed E-state index contributed by atoms with van der Waals surface area (Å²) in [5, 5.41) is 13.7. The van der Waals surface area contributed by atoms with Gasteiger partial charge in [-0.25, -0.2) is 0 Å². The fraction of sp³-hybridized carbons (Fsp3) is 0.350. The molecule has 0 radical (unpaired) electrons. The number of benzene rings is 2. The van der Waals surface area contributed by atoms with Crippen LogP contribution in [0.3, 0.4) is 0 Å². The first-order valence-electron chi connectivity index (χ1n) is 9.00. The second kappa shape index (κ2) is 8.28. The Balaban J connectivity index is 1.65. The van der Waals surface area contributed by atoms with Crippen LogP contribution in [0.4, 0.5) is 11.4 Å². The van der Waals surface area contributed by atoms with Gasteiger partial charge in [-0.05, 0) is 30.5 Å². The Morgan fingerprint density at radius 2 is 2.00 bits per heavy atom. The van der Waals surface area contributed by atoms with Crippen LogP contribution in [0.5, 0.6) is 0 Å². The van der Waals surface area contributed by atoms with E-state index >= 15 is 0 Å². The molecular formula is C20H24N4O3. The van der Waals surface area contributed by atoms with Crippen molar-refractivity contribution in [3.05, 3.63) is 69.8 Å². The molecular weight excluding hydrogens is 344 g/mol. The first-order valence-corrected chi connectivity index (χ1v) is 9.00. The van der Waals surface area contributed by atoms with Crippen LogP contribution in [-0.4, -0.2) is 41.9 Å². The second-order valence-corrected chi connectivity index (χ2v) is 7.01. The molecule has 2 atom stereocenters. The number of hydrogen-bond donors (Lipinski definition) is 2. The van der Waals surface area contributed by atoms with Crippen molar-refractivity contribution < 1.29 is 9.72 Å². The largest absolute Gasteiger partial charge is 0.330 e. The lowest BCUT2D eigenvalue weighted by atomic mass is 9.89. The lowest BCUT2D eigenvalue weighted by Crippen LogP contribution is -2.32. The van der Waals surface area contributed by atoms with Crippen molar-refractivity contribution in [2.24, 2.45) is 11.7 Å². The zero-order valence-corrected chi connectivity index (χ0v) is 15.3. The Kier molecular flexibility index (Phi) is 5.83. The maximum Gasteiger partial charge on any atom is 0.271 e. The summed E-state index contributed by atoms with van der Waals surface area (Å²) in [6.45, 7) is 4.15. The highest BCUT2D eigenvalue weighted by Crippen LogP contribution is 2.32. The molecule has 1 saturated heterocycles. The molecule has 3 rings (SSSR count). The number of rotatable bonds is 6. The molecule has 0 unspecified atom stereocenters. The molecule has 7 nitrogen and oxygen atoms in total. The van der Waals surface area contributed by atoms with Crippen LogP contribution in [0.15, 0.2) is 48.5 Å². The normalized spacial score (nSPS) is 19.8. The van der Waals surface area contributed by atoms with E-state index in [-0.39, 0.29) is 18.1 Å². The van der Waals surface area contributed by atoms with Gasteiger partial charge in [0.1, 0.15) is 0 Å². The summed E-state index contributed by atoms with van der Waals surface area (Å²) in [5.74, 6) is 0.436. The van der Waals surface area contributed by atoms with E-state index < -0.39 is 4.92 Å². The summed E-state index contributed by atoms with van der Waals surface area (Å²) in [7, 11) is 0. The van der Waals surface area contributed by atoms with Crippen LogP contribution in [0.25, 0.3) is 0 Å².